The Morgan fingerprint density at radius 1 is 1.47 bits per heavy atom. The molecule has 1 amide bonds. The van der Waals surface area contributed by atoms with Crippen molar-refractivity contribution >= 4 is 11.7 Å². The third-order valence-electron chi connectivity index (χ3n) is 3.72. The van der Waals surface area contributed by atoms with E-state index in [0.717, 1.165) is 32.1 Å². The fourth-order valence-corrected chi connectivity index (χ4v) is 2.30. The van der Waals surface area contributed by atoms with Crippen LogP contribution in [0.1, 0.15) is 65.7 Å². The molecule has 17 heavy (non-hydrogen) atoms. The van der Waals surface area contributed by atoms with Crippen LogP contribution in [0.4, 0.5) is 0 Å². The number of unbranched alkanes of at least 4 members (excludes halogenated alkanes) is 1. The van der Waals surface area contributed by atoms with E-state index in [1.807, 2.05) is 13.8 Å². The van der Waals surface area contributed by atoms with Gasteiger partial charge >= 0.3 is 0 Å². The second-order valence-electron chi connectivity index (χ2n) is 5.75. The Kier molecular flexibility index (Phi) is 5.16. The number of ketones is 1. The number of Topliss-reactive ketones (excluding diaryl/α,β-unsaturated/α-hetero) is 1. The molecule has 1 rings (SSSR count). The SMILES string of the molecule is CCCCC(C)(C)C(=O)CCC1CCC(=O)N1. The molecule has 1 unspecified atom stereocenters. The molecule has 1 heterocycles. The van der Waals surface area contributed by atoms with Gasteiger partial charge in [-0.2, -0.15) is 0 Å². The Balaban J connectivity index is 2.30. The number of carbonyl (C=O) groups is 2. The lowest BCUT2D eigenvalue weighted by Gasteiger charge is -2.23. The predicted octanol–water partition coefficient (Wildman–Crippen LogP) is 2.83. The van der Waals surface area contributed by atoms with Crippen molar-refractivity contribution in [1.29, 1.82) is 0 Å². The van der Waals surface area contributed by atoms with E-state index in [1.165, 1.54) is 0 Å². The van der Waals surface area contributed by atoms with Crippen LogP contribution in [0.5, 0.6) is 0 Å². The van der Waals surface area contributed by atoms with Crippen molar-refractivity contribution in [3.05, 3.63) is 0 Å². The molecule has 1 fully saturated rings. The summed E-state index contributed by atoms with van der Waals surface area (Å²) in [5.41, 5.74) is -0.196. The van der Waals surface area contributed by atoms with E-state index >= 15 is 0 Å². The van der Waals surface area contributed by atoms with Crippen molar-refractivity contribution in [2.45, 2.75) is 71.8 Å². The maximum absolute atomic E-state index is 12.1. The highest BCUT2D eigenvalue weighted by Gasteiger charge is 2.28. The van der Waals surface area contributed by atoms with Crippen LogP contribution in [0.25, 0.3) is 0 Å². The molecule has 3 nitrogen and oxygen atoms in total. The predicted molar refractivity (Wildman–Crippen MR) is 68.7 cm³/mol. The summed E-state index contributed by atoms with van der Waals surface area (Å²) in [6, 6.07) is 0.230. The largest absolute Gasteiger partial charge is 0.353 e. The fourth-order valence-electron chi connectivity index (χ4n) is 2.30. The Hall–Kier alpha value is -0.860. The summed E-state index contributed by atoms with van der Waals surface area (Å²) in [4.78, 5) is 23.1. The summed E-state index contributed by atoms with van der Waals surface area (Å²) in [6.07, 6.45) is 6.13. The smallest absolute Gasteiger partial charge is 0.220 e. The molecule has 1 aliphatic heterocycles. The minimum atomic E-state index is -0.196. The first kappa shape index (κ1) is 14.2. The summed E-state index contributed by atoms with van der Waals surface area (Å²) in [5.74, 6) is 0.472. The van der Waals surface area contributed by atoms with Crippen LogP contribution in [0, 0.1) is 5.41 Å². The molecule has 0 aromatic carbocycles. The van der Waals surface area contributed by atoms with Crippen LogP contribution >= 0.6 is 0 Å². The van der Waals surface area contributed by atoms with Gasteiger partial charge in [-0.3, -0.25) is 9.59 Å². The Morgan fingerprint density at radius 3 is 2.71 bits per heavy atom. The van der Waals surface area contributed by atoms with E-state index < -0.39 is 0 Å². The van der Waals surface area contributed by atoms with Gasteiger partial charge in [-0.15, -0.1) is 0 Å². The van der Waals surface area contributed by atoms with Crippen molar-refractivity contribution in [1.82, 2.24) is 5.32 Å². The molecule has 0 saturated carbocycles. The number of amides is 1. The summed E-state index contributed by atoms with van der Waals surface area (Å²) in [6.45, 7) is 6.23. The third-order valence-corrected chi connectivity index (χ3v) is 3.72. The molecule has 1 atom stereocenters. The van der Waals surface area contributed by atoms with Gasteiger partial charge in [-0.1, -0.05) is 33.6 Å². The van der Waals surface area contributed by atoms with Crippen molar-refractivity contribution in [3.8, 4) is 0 Å². The molecular formula is C14H25NO2. The van der Waals surface area contributed by atoms with Crippen LogP contribution in [-0.2, 0) is 9.59 Å². The van der Waals surface area contributed by atoms with Crippen LogP contribution < -0.4 is 5.32 Å². The second kappa shape index (κ2) is 6.18. The minimum absolute atomic E-state index is 0.132. The van der Waals surface area contributed by atoms with Crippen LogP contribution in [0.15, 0.2) is 0 Å². The zero-order valence-electron chi connectivity index (χ0n) is 11.3. The van der Waals surface area contributed by atoms with Crippen LogP contribution in [0.2, 0.25) is 0 Å². The number of hydrogen-bond acceptors (Lipinski definition) is 2. The summed E-state index contributed by atoms with van der Waals surface area (Å²) < 4.78 is 0. The van der Waals surface area contributed by atoms with E-state index in [-0.39, 0.29) is 17.4 Å². The van der Waals surface area contributed by atoms with Gasteiger partial charge in [0.15, 0.2) is 0 Å². The molecular weight excluding hydrogens is 214 g/mol. The molecule has 1 saturated heterocycles. The average molecular weight is 239 g/mol. The van der Waals surface area contributed by atoms with Crippen molar-refractivity contribution in [3.63, 3.8) is 0 Å². The molecule has 0 aromatic rings. The lowest BCUT2D eigenvalue weighted by atomic mass is 9.80. The third kappa shape index (κ3) is 4.49. The average Bonchev–Trinajstić information content (AvgIpc) is 2.69. The monoisotopic (exact) mass is 239 g/mol. The van der Waals surface area contributed by atoms with E-state index in [9.17, 15) is 9.59 Å². The lowest BCUT2D eigenvalue weighted by molar-refractivity contribution is -0.128. The molecule has 0 aromatic heterocycles. The van der Waals surface area contributed by atoms with E-state index in [0.29, 0.717) is 18.6 Å². The molecule has 0 aliphatic carbocycles. The van der Waals surface area contributed by atoms with Gasteiger partial charge in [-0.05, 0) is 19.3 Å². The van der Waals surface area contributed by atoms with Gasteiger partial charge in [0.05, 0.1) is 0 Å². The minimum Gasteiger partial charge on any atom is -0.353 e. The first-order chi connectivity index (χ1) is 7.95. The maximum atomic E-state index is 12.1. The summed E-state index contributed by atoms with van der Waals surface area (Å²) in [5, 5.41) is 2.91. The molecule has 1 aliphatic rings. The summed E-state index contributed by atoms with van der Waals surface area (Å²) >= 11 is 0. The topological polar surface area (TPSA) is 46.2 Å². The van der Waals surface area contributed by atoms with Crippen LogP contribution in [0.3, 0.4) is 0 Å². The van der Waals surface area contributed by atoms with Gasteiger partial charge in [0.2, 0.25) is 5.91 Å². The van der Waals surface area contributed by atoms with Gasteiger partial charge in [0, 0.05) is 24.3 Å². The van der Waals surface area contributed by atoms with Crippen LogP contribution in [-0.4, -0.2) is 17.7 Å². The quantitative estimate of drug-likeness (QED) is 0.742. The fraction of sp³-hybridized carbons (Fsp3) is 0.857. The second-order valence-corrected chi connectivity index (χ2v) is 5.75. The molecule has 98 valence electrons. The number of nitrogens with one attached hydrogen (secondary N) is 1. The molecule has 1 N–H and O–H groups in total. The first-order valence-corrected chi connectivity index (χ1v) is 6.78. The van der Waals surface area contributed by atoms with Crippen molar-refractivity contribution in [2.24, 2.45) is 5.41 Å². The van der Waals surface area contributed by atoms with Crippen molar-refractivity contribution in [2.75, 3.05) is 0 Å². The highest BCUT2D eigenvalue weighted by atomic mass is 16.2. The van der Waals surface area contributed by atoms with E-state index in [4.69, 9.17) is 0 Å². The lowest BCUT2D eigenvalue weighted by Crippen LogP contribution is -2.29. The van der Waals surface area contributed by atoms with Gasteiger partial charge in [0.1, 0.15) is 5.78 Å². The molecule has 0 bridgehead atoms. The number of rotatable bonds is 7. The van der Waals surface area contributed by atoms with E-state index in [1.54, 1.807) is 0 Å². The summed E-state index contributed by atoms with van der Waals surface area (Å²) in [7, 11) is 0. The molecule has 0 radical (unpaired) electrons. The zero-order valence-corrected chi connectivity index (χ0v) is 11.3. The highest BCUT2D eigenvalue weighted by Crippen LogP contribution is 2.27. The van der Waals surface area contributed by atoms with Gasteiger partial charge in [-0.25, -0.2) is 0 Å². The normalized spacial score (nSPS) is 20.4. The zero-order chi connectivity index (χ0) is 12.9. The highest BCUT2D eigenvalue weighted by molar-refractivity contribution is 5.84. The number of hydrogen-bond donors (Lipinski definition) is 1. The van der Waals surface area contributed by atoms with Gasteiger partial charge < -0.3 is 5.32 Å². The van der Waals surface area contributed by atoms with Crippen molar-refractivity contribution < 1.29 is 9.59 Å². The standard InChI is InChI=1S/C14H25NO2/c1-4-5-10-14(2,3)12(16)8-6-11-7-9-13(17)15-11/h11H,4-10H2,1-3H3,(H,15,17). The Labute approximate surface area is 104 Å². The Bertz CT molecular complexity index is 284. The molecule has 3 heteroatoms. The van der Waals surface area contributed by atoms with Gasteiger partial charge in [0.25, 0.3) is 0 Å². The van der Waals surface area contributed by atoms with E-state index in [2.05, 4.69) is 12.2 Å². The number of carbonyl (C=O) groups excluding carboxylic acids is 2. The maximum Gasteiger partial charge on any atom is 0.220 e. The Morgan fingerprint density at radius 2 is 2.18 bits per heavy atom. The molecule has 0 spiro atoms. The first-order valence-electron chi connectivity index (χ1n) is 6.78.